The molecule has 0 spiro atoms. The molecule has 32 heavy (non-hydrogen) atoms. The number of ether oxygens (including phenoxy) is 2. The molecule has 0 N–H and O–H groups in total. The summed E-state index contributed by atoms with van der Waals surface area (Å²) in [6.07, 6.45) is 1.27. The van der Waals surface area contributed by atoms with E-state index >= 15 is 0 Å². The van der Waals surface area contributed by atoms with E-state index in [2.05, 4.69) is 15.9 Å². The van der Waals surface area contributed by atoms with E-state index < -0.39 is 17.9 Å². The average molecular weight is 497 g/mol. The van der Waals surface area contributed by atoms with Crippen molar-refractivity contribution in [1.82, 2.24) is 4.90 Å². The zero-order valence-corrected chi connectivity index (χ0v) is 18.3. The van der Waals surface area contributed by atoms with Gasteiger partial charge in [-0.1, -0.05) is 22.0 Å². The van der Waals surface area contributed by atoms with Crippen molar-refractivity contribution in [2.24, 2.45) is 0 Å². The lowest BCUT2D eigenvalue weighted by molar-refractivity contribution is -0.122. The number of hydrogen-bond acceptors (Lipinski definition) is 6. The van der Waals surface area contributed by atoms with Crippen LogP contribution in [-0.4, -0.2) is 35.5 Å². The number of fused-ring (bicyclic) bond motifs is 1. The molecule has 5 rings (SSSR count). The Labute approximate surface area is 191 Å². The standard InChI is InChI=1S/C23H17BrN2O6/c24-15-4-6-16(7-5-15)26-21(27)11-17(22(26)28)25(23(29)19-2-1-9-30-19)12-14-3-8-18-20(10-14)32-13-31-18/h1-10,17H,11-13H2. The summed E-state index contributed by atoms with van der Waals surface area (Å²) in [7, 11) is 0. The van der Waals surface area contributed by atoms with E-state index in [0.717, 1.165) is 14.9 Å². The summed E-state index contributed by atoms with van der Waals surface area (Å²) in [6, 6.07) is 14.3. The number of halogens is 1. The zero-order chi connectivity index (χ0) is 22.2. The minimum absolute atomic E-state index is 0.0908. The minimum Gasteiger partial charge on any atom is -0.459 e. The van der Waals surface area contributed by atoms with Crippen LogP contribution in [0, 0.1) is 0 Å². The molecular formula is C23H17BrN2O6. The van der Waals surface area contributed by atoms with E-state index in [1.807, 2.05) is 0 Å². The lowest BCUT2D eigenvalue weighted by Crippen LogP contribution is -2.45. The van der Waals surface area contributed by atoms with E-state index in [1.165, 1.54) is 17.2 Å². The van der Waals surface area contributed by atoms with Crippen molar-refractivity contribution >= 4 is 39.3 Å². The fraction of sp³-hybridized carbons (Fsp3) is 0.174. The zero-order valence-electron chi connectivity index (χ0n) is 16.7. The molecule has 1 fully saturated rings. The molecule has 3 aromatic rings. The monoisotopic (exact) mass is 496 g/mol. The van der Waals surface area contributed by atoms with Gasteiger partial charge in [-0.3, -0.25) is 14.4 Å². The summed E-state index contributed by atoms with van der Waals surface area (Å²) in [4.78, 5) is 41.9. The summed E-state index contributed by atoms with van der Waals surface area (Å²) in [6.45, 7) is 0.222. The molecule has 1 atom stereocenters. The van der Waals surface area contributed by atoms with E-state index in [9.17, 15) is 14.4 Å². The van der Waals surface area contributed by atoms with Crippen LogP contribution in [0.5, 0.6) is 11.5 Å². The molecule has 1 aromatic heterocycles. The fourth-order valence-corrected chi connectivity index (χ4v) is 4.09. The highest BCUT2D eigenvalue weighted by Gasteiger charge is 2.45. The molecule has 0 aliphatic carbocycles. The second-order valence-corrected chi connectivity index (χ2v) is 8.28. The maximum Gasteiger partial charge on any atom is 0.290 e. The number of rotatable bonds is 5. The predicted molar refractivity (Wildman–Crippen MR) is 116 cm³/mol. The van der Waals surface area contributed by atoms with Crippen LogP contribution >= 0.6 is 15.9 Å². The Morgan fingerprint density at radius 3 is 2.59 bits per heavy atom. The van der Waals surface area contributed by atoms with Crippen molar-refractivity contribution in [3.63, 3.8) is 0 Å². The molecule has 1 saturated heterocycles. The Balaban J connectivity index is 1.47. The highest BCUT2D eigenvalue weighted by Crippen LogP contribution is 2.34. The Morgan fingerprint density at radius 1 is 1.06 bits per heavy atom. The van der Waals surface area contributed by atoms with Crippen LogP contribution in [0.1, 0.15) is 22.5 Å². The molecule has 2 aliphatic heterocycles. The number of furan rings is 1. The second-order valence-electron chi connectivity index (χ2n) is 7.36. The van der Waals surface area contributed by atoms with Gasteiger partial charge < -0.3 is 18.8 Å². The molecule has 0 bridgehead atoms. The molecule has 3 heterocycles. The summed E-state index contributed by atoms with van der Waals surface area (Å²) >= 11 is 3.35. The van der Waals surface area contributed by atoms with Gasteiger partial charge in [0.2, 0.25) is 12.7 Å². The molecule has 3 amide bonds. The molecule has 2 aromatic carbocycles. The molecule has 162 valence electrons. The smallest absolute Gasteiger partial charge is 0.290 e. The molecule has 9 heteroatoms. The maximum atomic E-state index is 13.3. The summed E-state index contributed by atoms with van der Waals surface area (Å²) in [5.41, 5.74) is 1.19. The van der Waals surface area contributed by atoms with Gasteiger partial charge in [0, 0.05) is 11.0 Å². The van der Waals surface area contributed by atoms with Gasteiger partial charge in [-0.2, -0.15) is 0 Å². The van der Waals surface area contributed by atoms with Gasteiger partial charge in [-0.15, -0.1) is 0 Å². The number of carbonyl (C=O) groups excluding carboxylic acids is 3. The van der Waals surface area contributed by atoms with E-state index in [4.69, 9.17) is 13.9 Å². The average Bonchev–Trinajstić information content (AvgIpc) is 3.53. The van der Waals surface area contributed by atoms with Crippen molar-refractivity contribution in [3.8, 4) is 11.5 Å². The van der Waals surface area contributed by atoms with Gasteiger partial charge in [0.15, 0.2) is 17.3 Å². The first-order valence-corrected chi connectivity index (χ1v) is 10.7. The second kappa shape index (κ2) is 8.16. The summed E-state index contributed by atoms with van der Waals surface area (Å²) in [5, 5.41) is 0. The normalized spacial score (nSPS) is 17.2. The lowest BCUT2D eigenvalue weighted by Gasteiger charge is -2.27. The van der Waals surface area contributed by atoms with Crippen molar-refractivity contribution in [3.05, 3.63) is 76.7 Å². The third-order valence-electron chi connectivity index (χ3n) is 5.37. The van der Waals surface area contributed by atoms with Crippen LogP contribution < -0.4 is 14.4 Å². The Morgan fingerprint density at radius 2 is 1.84 bits per heavy atom. The third-order valence-corrected chi connectivity index (χ3v) is 5.90. The fourth-order valence-electron chi connectivity index (χ4n) is 3.82. The Kier molecular flexibility index (Phi) is 5.18. The van der Waals surface area contributed by atoms with Gasteiger partial charge >= 0.3 is 0 Å². The van der Waals surface area contributed by atoms with Crippen molar-refractivity contribution in [2.45, 2.75) is 19.0 Å². The van der Waals surface area contributed by atoms with Crippen LogP contribution in [0.3, 0.4) is 0 Å². The van der Waals surface area contributed by atoms with E-state index in [-0.39, 0.29) is 31.4 Å². The Hall–Kier alpha value is -3.59. The molecule has 1 unspecified atom stereocenters. The number of benzene rings is 2. The van der Waals surface area contributed by atoms with Crippen LogP contribution in [0.2, 0.25) is 0 Å². The molecule has 8 nitrogen and oxygen atoms in total. The molecular weight excluding hydrogens is 480 g/mol. The van der Waals surface area contributed by atoms with E-state index in [0.29, 0.717) is 17.2 Å². The van der Waals surface area contributed by atoms with Crippen LogP contribution in [0.25, 0.3) is 0 Å². The summed E-state index contributed by atoms with van der Waals surface area (Å²) < 4.78 is 16.9. The molecule has 0 radical (unpaired) electrons. The van der Waals surface area contributed by atoms with Gasteiger partial charge in [-0.25, -0.2) is 4.90 Å². The van der Waals surface area contributed by atoms with Gasteiger partial charge in [0.25, 0.3) is 11.8 Å². The SMILES string of the molecule is O=C1CC(N(Cc2ccc3c(c2)OCO3)C(=O)c2ccco2)C(=O)N1c1ccc(Br)cc1. The first kappa shape index (κ1) is 20.3. The third kappa shape index (κ3) is 3.64. The van der Waals surface area contributed by atoms with Crippen molar-refractivity contribution in [1.29, 1.82) is 0 Å². The Bertz CT molecular complexity index is 1190. The van der Waals surface area contributed by atoms with Crippen molar-refractivity contribution in [2.75, 3.05) is 11.7 Å². The highest BCUT2D eigenvalue weighted by molar-refractivity contribution is 9.10. The number of nitrogens with zero attached hydrogens (tertiary/aromatic N) is 2. The van der Waals surface area contributed by atoms with Gasteiger partial charge in [0.1, 0.15) is 6.04 Å². The largest absolute Gasteiger partial charge is 0.459 e. The first-order valence-electron chi connectivity index (χ1n) is 9.86. The number of hydrogen-bond donors (Lipinski definition) is 0. The maximum absolute atomic E-state index is 13.3. The van der Waals surface area contributed by atoms with E-state index in [1.54, 1.807) is 48.5 Å². The quantitative estimate of drug-likeness (QED) is 0.499. The lowest BCUT2D eigenvalue weighted by atomic mass is 10.1. The highest BCUT2D eigenvalue weighted by atomic mass is 79.9. The summed E-state index contributed by atoms with van der Waals surface area (Å²) in [5.74, 6) is -0.0304. The number of amides is 3. The number of carbonyl (C=O) groups is 3. The van der Waals surface area contributed by atoms with Crippen LogP contribution in [0.15, 0.2) is 69.8 Å². The number of imide groups is 1. The van der Waals surface area contributed by atoms with Gasteiger partial charge in [0.05, 0.1) is 18.4 Å². The van der Waals surface area contributed by atoms with Crippen LogP contribution in [-0.2, 0) is 16.1 Å². The van der Waals surface area contributed by atoms with Crippen LogP contribution in [0.4, 0.5) is 5.69 Å². The first-order chi connectivity index (χ1) is 15.5. The van der Waals surface area contributed by atoms with Gasteiger partial charge in [-0.05, 0) is 54.1 Å². The number of anilines is 1. The molecule has 2 aliphatic rings. The predicted octanol–water partition coefficient (Wildman–Crippen LogP) is 3.75. The minimum atomic E-state index is -0.964. The van der Waals surface area contributed by atoms with Crippen molar-refractivity contribution < 1.29 is 28.3 Å². The molecule has 0 saturated carbocycles. The topological polar surface area (TPSA) is 89.3 Å².